The molecule has 3 fully saturated rings. The van der Waals surface area contributed by atoms with Gasteiger partial charge in [0.15, 0.2) is 6.29 Å². The van der Waals surface area contributed by atoms with Gasteiger partial charge in [0.25, 0.3) is 0 Å². The molecule has 0 spiro atoms. The molecule has 0 aromatic carbocycles. The standard InChI is InChI=1S/C20H32O7/c1-4-9-12-10-6-5-7-19(12,2)20(3,16(9)25)17(10)27-18-15(24)14(23)13(22)11(8-21)26-18/h5-6,9-18,21-25H,4,7-8H2,1-3H3. The second kappa shape index (κ2) is 6.49. The molecular formula is C20H32O7. The Balaban J connectivity index is 1.64. The third kappa shape index (κ3) is 2.34. The summed E-state index contributed by atoms with van der Waals surface area (Å²) in [7, 11) is 0. The van der Waals surface area contributed by atoms with Crippen LogP contribution in [0.2, 0.25) is 0 Å². The topological polar surface area (TPSA) is 120 Å². The molecule has 3 aliphatic carbocycles. The Morgan fingerprint density at radius 2 is 1.81 bits per heavy atom. The van der Waals surface area contributed by atoms with Gasteiger partial charge in [0.2, 0.25) is 0 Å². The molecule has 5 N–H and O–H groups in total. The summed E-state index contributed by atoms with van der Waals surface area (Å²) in [5.74, 6) is 0.571. The molecule has 2 saturated carbocycles. The minimum absolute atomic E-state index is 0.0921. The maximum atomic E-state index is 11.2. The highest BCUT2D eigenvalue weighted by Gasteiger charge is 2.76. The lowest BCUT2D eigenvalue weighted by Gasteiger charge is -2.47. The Labute approximate surface area is 159 Å². The van der Waals surface area contributed by atoms with Gasteiger partial charge in [0.1, 0.15) is 24.4 Å². The molecule has 7 heteroatoms. The molecule has 4 rings (SSSR count). The molecule has 154 valence electrons. The summed E-state index contributed by atoms with van der Waals surface area (Å²) in [6, 6.07) is 0. The Morgan fingerprint density at radius 1 is 1.11 bits per heavy atom. The molecule has 1 heterocycles. The molecule has 1 aliphatic heterocycles. The highest BCUT2D eigenvalue weighted by Crippen LogP contribution is 2.74. The first-order chi connectivity index (χ1) is 12.7. The molecule has 7 nitrogen and oxygen atoms in total. The van der Waals surface area contributed by atoms with E-state index in [1.165, 1.54) is 0 Å². The summed E-state index contributed by atoms with van der Waals surface area (Å²) >= 11 is 0. The van der Waals surface area contributed by atoms with Gasteiger partial charge in [0.05, 0.1) is 18.8 Å². The quantitative estimate of drug-likeness (QED) is 0.426. The second-order valence-electron chi connectivity index (χ2n) is 9.21. The maximum absolute atomic E-state index is 11.2. The Bertz CT molecular complexity index is 609. The lowest BCUT2D eigenvalue weighted by Crippen LogP contribution is -2.61. The van der Waals surface area contributed by atoms with Crippen molar-refractivity contribution >= 4 is 0 Å². The summed E-state index contributed by atoms with van der Waals surface area (Å²) in [5, 5.41) is 51.0. The zero-order valence-electron chi connectivity index (χ0n) is 16.1. The summed E-state index contributed by atoms with van der Waals surface area (Å²) in [6.45, 7) is 5.89. The molecule has 0 radical (unpaired) electrons. The van der Waals surface area contributed by atoms with Crippen LogP contribution in [0, 0.1) is 28.6 Å². The van der Waals surface area contributed by atoms with Crippen LogP contribution < -0.4 is 0 Å². The van der Waals surface area contributed by atoms with E-state index in [1.807, 2.05) is 0 Å². The minimum atomic E-state index is -1.47. The van der Waals surface area contributed by atoms with Gasteiger partial charge in [-0.1, -0.05) is 39.3 Å². The molecule has 27 heavy (non-hydrogen) atoms. The van der Waals surface area contributed by atoms with Crippen LogP contribution in [-0.2, 0) is 9.47 Å². The fourth-order valence-corrected chi connectivity index (χ4v) is 6.68. The molecule has 0 amide bonds. The van der Waals surface area contributed by atoms with E-state index in [2.05, 4.69) is 32.9 Å². The number of rotatable bonds is 4. The van der Waals surface area contributed by atoms with E-state index in [0.717, 1.165) is 12.8 Å². The fraction of sp³-hybridized carbons (Fsp3) is 0.900. The van der Waals surface area contributed by atoms with Crippen LogP contribution in [0.5, 0.6) is 0 Å². The Hall–Kier alpha value is -0.540. The zero-order valence-corrected chi connectivity index (χ0v) is 16.1. The molecule has 4 bridgehead atoms. The van der Waals surface area contributed by atoms with E-state index in [0.29, 0.717) is 0 Å². The van der Waals surface area contributed by atoms with Crippen LogP contribution in [0.15, 0.2) is 12.2 Å². The van der Waals surface area contributed by atoms with Crippen molar-refractivity contribution in [2.45, 2.75) is 76.5 Å². The van der Waals surface area contributed by atoms with E-state index >= 15 is 0 Å². The van der Waals surface area contributed by atoms with Crippen LogP contribution in [0.25, 0.3) is 0 Å². The van der Waals surface area contributed by atoms with Crippen molar-refractivity contribution in [3.63, 3.8) is 0 Å². The molecule has 1 saturated heterocycles. The van der Waals surface area contributed by atoms with Crippen molar-refractivity contribution in [1.29, 1.82) is 0 Å². The van der Waals surface area contributed by atoms with Crippen LogP contribution >= 0.6 is 0 Å². The van der Waals surface area contributed by atoms with Crippen LogP contribution in [-0.4, -0.2) is 75.1 Å². The molecule has 0 aromatic rings. The van der Waals surface area contributed by atoms with Crippen molar-refractivity contribution in [3.05, 3.63) is 12.2 Å². The van der Waals surface area contributed by atoms with Crippen molar-refractivity contribution in [2.24, 2.45) is 28.6 Å². The third-order valence-electron chi connectivity index (χ3n) is 8.30. The number of ether oxygens (including phenoxy) is 2. The fourth-order valence-electron chi connectivity index (χ4n) is 6.68. The summed E-state index contributed by atoms with van der Waals surface area (Å²) in [4.78, 5) is 0. The van der Waals surface area contributed by atoms with Gasteiger partial charge in [-0.25, -0.2) is 0 Å². The maximum Gasteiger partial charge on any atom is 0.187 e. The van der Waals surface area contributed by atoms with Crippen molar-refractivity contribution in [3.8, 4) is 0 Å². The van der Waals surface area contributed by atoms with E-state index in [1.54, 1.807) is 0 Å². The lowest BCUT2D eigenvalue weighted by molar-refractivity contribution is -0.326. The van der Waals surface area contributed by atoms with E-state index in [9.17, 15) is 25.5 Å². The van der Waals surface area contributed by atoms with E-state index in [4.69, 9.17) is 9.47 Å². The van der Waals surface area contributed by atoms with Crippen LogP contribution in [0.3, 0.4) is 0 Å². The highest BCUT2D eigenvalue weighted by molar-refractivity contribution is 5.29. The number of hydrogen-bond acceptors (Lipinski definition) is 7. The first-order valence-electron chi connectivity index (χ1n) is 10.0. The average Bonchev–Trinajstić information content (AvgIpc) is 2.88. The predicted molar refractivity (Wildman–Crippen MR) is 95.4 cm³/mol. The first-order valence-corrected chi connectivity index (χ1v) is 10.0. The normalized spacial score (nSPS) is 59.4. The first kappa shape index (κ1) is 19.8. The van der Waals surface area contributed by atoms with Crippen molar-refractivity contribution in [2.75, 3.05) is 6.61 Å². The SMILES string of the molecule is CCC1C2C3C=CCC2(C)C(C)(C1O)C3OC1OC(CO)C(O)C(O)C1O. The highest BCUT2D eigenvalue weighted by atomic mass is 16.7. The summed E-state index contributed by atoms with van der Waals surface area (Å²) in [5.41, 5.74) is -0.642. The smallest absolute Gasteiger partial charge is 0.187 e. The van der Waals surface area contributed by atoms with Gasteiger partial charge >= 0.3 is 0 Å². The number of aliphatic hydroxyl groups is 5. The van der Waals surface area contributed by atoms with E-state index in [-0.39, 0.29) is 29.3 Å². The van der Waals surface area contributed by atoms with E-state index < -0.39 is 48.8 Å². The van der Waals surface area contributed by atoms with Gasteiger partial charge < -0.3 is 35.0 Å². The molecule has 12 unspecified atom stereocenters. The Morgan fingerprint density at radius 3 is 2.44 bits per heavy atom. The molecule has 4 aliphatic rings. The summed E-state index contributed by atoms with van der Waals surface area (Å²) < 4.78 is 11.8. The van der Waals surface area contributed by atoms with Crippen molar-refractivity contribution in [1.82, 2.24) is 0 Å². The van der Waals surface area contributed by atoms with Gasteiger partial charge in [-0.05, 0) is 23.7 Å². The zero-order chi connectivity index (χ0) is 19.7. The molecule has 0 aromatic heterocycles. The number of hydrogen-bond donors (Lipinski definition) is 5. The minimum Gasteiger partial charge on any atom is -0.394 e. The largest absolute Gasteiger partial charge is 0.394 e. The van der Waals surface area contributed by atoms with Gasteiger partial charge in [-0.2, -0.15) is 0 Å². The monoisotopic (exact) mass is 384 g/mol. The summed E-state index contributed by atoms with van der Waals surface area (Å²) in [6.07, 6.45) is -1.32. The average molecular weight is 384 g/mol. The molecule has 12 atom stereocenters. The number of allylic oxidation sites excluding steroid dienone is 1. The number of aliphatic hydroxyl groups excluding tert-OH is 5. The Kier molecular flexibility index (Phi) is 4.75. The van der Waals surface area contributed by atoms with Gasteiger partial charge in [-0.3, -0.25) is 0 Å². The van der Waals surface area contributed by atoms with Crippen LogP contribution in [0.4, 0.5) is 0 Å². The van der Waals surface area contributed by atoms with Crippen LogP contribution in [0.1, 0.15) is 33.6 Å². The van der Waals surface area contributed by atoms with Gasteiger partial charge in [0, 0.05) is 11.3 Å². The lowest BCUT2D eigenvalue weighted by atomic mass is 9.65. The predicted octanol–water partition coefficient (Wildman–Crippen LogP) is -0.209. The van der Waals surface area contributed by atoms with Crippen molar-refractivity contribution < 1.29 is 35.0 Å². The third-order valence-corrected chi connectivity index (χ3v) is 8.30. The molecular weight excluding hydrogens is 352 g/mol. The van der Waals surface area contributed by atoms with Gasteiger partial charge in [-0.15, -0.1) is 0 Å². The second-order valence-corrected chi connectivity index (χ2v) is 9.21.